The average Bonchev–Trinajstić information content (AvgIpc) is 2.16. The Bertz CT molecular complexity index is 391. The Morgan fingerprint density at radius 2 is 2.18 bits per heavy atom. The van der Waals surface area contributed by atoms with Crippen molar-refractivity contribution in [3.63, 3.8) is 0 Å². The van der Waals surface area contributed by atoms with Crippen LogP contribution in [-0.4, -0.2) is 25.5 Å². The number of rotatable bonds is 3. The highest BCUT2D eigenvalue weighted by atomic mass is 35.5. The van der Waals surface area contributed by atoms with Gasteiger partial charge in [-0.15, -0.1) is 12.4 Å². The van der Waals surface area contributed by atoms with E-state index in [1.807, 2.05) is 36.9 Å². The average molecular weight is 255 g/mol. The monoisotopic (exact) mass is 254 g/mol. The van der Waals surface area contributed by atoms with Crippen molar-refractivity contribution >= 4 is 24.0 Å². The fraction of sp³-hybridized carbons (Fsp3) is 0.462. The van der Waals surface area contributed by atoms with Crippen LogP contribution in [0.15, 0.2) is 24.3 Å². The number of nitrogens with one attached hydrogen (secondary N) is 1. The molecule has 1 saturated heterocycles. The van der Waals surface area contributed by atoms with Crippen LogP contribution < -0.4 is 10.2 Å². The van der Waals surface area contributed by atoms with E-state index in [2.05, 4.69) is 11.4 Å². The number of carbonyl (C=O) groups excluding carboxylic acids is 1. The fourth-order valence-electron chi connectivity index (χ4n) is 1.95. The Morgan fingerprint density at radius 1 is 1.47 bits per heavy atom. The molecule has 0 saturated carbocycles. The number of amides is 1. The highest BCUT2D eigenvalue weighted by Gasteiger charge is 2.29. The molecule has 4 heteroatoms. The number of hydrogen-bond donors (Lipinski definition) is 1. The molecule has 1 aliphatic heterocycles. The Hall–Kier alpha value is -1.06. The van der Waals surface area contributed by atoms with Crippen molar-refractivity contribution in [2.75, 3.05) is 24.5 Å². The van der Waals surface area contributed by atoms with Crippen LogP contribution in [0.2, 0.25) is 0 Å². The van der Waals surface area contributed by atoms with E-state index in [1.54, 1.807) is 0 Å². The lowest BCUT2D eigenvalue weighted by Gasteiger charge is -2.32. The number of aryl methyl sites for hydroxylation is 1. The van der Waals surface area contributed by atoms with E-state index in [0.717, 1.165) is 25.3 Å². The van der Waals surface area contributed by atoms with Crippen LogP contribution >= 0.6 is 12.4 Å². The molecule has 3 nitrogen and oxygen atoms in total. The molecule has 0 spiro atoms. The maximum Gasteiger partial charge on any atom is 0.232 e. The van der Waals surface area contributed by atoms with Gasteiger partial charge in [-0.3, -0.25) is 4.79 Å². The topological polar surface area (TPSA) is 32.3 Å². The number of carbonyl (C=O) groups is 1. The standard InChI is InChI=1S/C13H18N2O.ClH/c1-3-15(13(16)11-8-14-9-11)12-6-4-5-10(2)7-12;/h4-7,11,14H,3,8-9H2,1-2H3;1H. The van der Waals surface area contributed by atoms with Crippen molar-refractivity contribution < 1.29 is 4.79 Å². The smallest absolute Gasteiger partial charge is 0.232 e. The third-order valence-electron chi connectivity index (χ3n) is 3.03. The summed E-state index contributed by atoms with van der Waals surface area (Å²) >= 11 is 0. The highest BCUT2D eigenvalue weighted by molar-refractivity contribution is 5.95. The van der Waals surface area contributed by atoms with E-state index >= 15 is 0 Å². The number of hydrogen-bond acceptors (Lipinski definition) is 2. The summed E-state index contributed by atoms with van der Waals surface area (Å²) in [6, 6.07) is 8.11. The van der Waals surface area contributed by atoms with Crippen molar-refractivity contribution in [3.05, 3.63) is 29.8 Å². The van der Waals surface area contributed by atoms with Crippen molar-refractivity contribution in [2.45, 2.75) is 13.8 Å². The molecule has 1 heterocycles. The van der Waals surface area contributed by atoms with Crippen LogP contribution in [0.4, 0.5) is 5.69 Å². The first-order chi connectivity index (χ1) is 7.72. The Labute approximate surface area is 109 Å². The molecule has 0 aliphatic carbocycles. The van der Waals surface area contributed by atoms with Crippen LogP contribution in [0.5, 0.6) is 0 Å². The van der Waals surface area contributed by atoms with Crippen LogP contribution in [0.25, 0.3) is 0 Å². The van der Waals surface area contributed by atoms with Crippen molar-refractivity contribution in [3.8, 4) is 0 Å². The SMILES string of the molecule is CCN(C(=O)C1CNC1)c1cccc(C)c1.Cl. The second kappa shape index (κ2) is 6.03. The van der Waals surface area contributed by atoms with Gasteiger partial charge in [0.1, 0.15) is 0 Å². The van der Waals surface area contributed by atoms with Gasteiger partial charge in [0.25, 0.3) is 0 Å². The maximum atomic E-state index is 12.2. The Kier molecular flexibility index (Phi) is 4.97. The molecule has 1 aromatic rings. The third-order valence-corrected chi connectivity index (χ3v) is 3.03. The van der Waals surface area contributed by atoms with E-state index in [1.165, 1.54) is 5.56 Å². The molecule has 1 amide bonds. The molecule has 1 aromatic carbocycles. The third kappa shape index (κ3) is 2.99. The molecule has 0 atom stereocenters. The number of nitrogens with zero attached hydrogens (tertiary/aromatic N) is 1. The van der Waals surface area contributed by atoms with Gasteiger partial charge in [-0.2, -0.15) is 0 Å². The zero-order valence-electron chi connectivity index (χ0n) is 10.3. The minimum Gasteiger partial charge on any atom is -0.315 e. The van der Waals surface area contributed by atoms with Gasteiger partial charge in [-0.25, -0.2) is 0 Å². The Morgan fingerprint density at radius 3 is 2.65 bits per heavy atom. The highest BCUT2D eigenvalue weighted by Crippen LogP contribution is 2.19. The maximum absolute atomic E-state index is 12.2. The van der Waals surface area contributed by atoms with Gasteiger partial charge in [-0.1, -0.05) is 12.1 Å². The number of halogens is 1. The van der Waals surface area contributed by atoms with Gasteiger partial charge in [0.15, 0.2) is 0 Å². The number of benzene rings is 1. The molecule has 1 N–H and O–H groups in total. The van der Waals surface area contributed by atoms with Gasteiger partial charge in [-0.05, 0) is 31.5 Å². The van der Waals surface area contributed by atoms with E-state index in [4.69, 9.17) is 0 Å². The van der Waals surface area contributed by atoms with Gasteiger partial charge in [0.05, 0.1) is 5.92 Å². The molecule has 1 fully saturated rings. The van der Waals surface area contributed by atoms with E-state index < -0.39 is 0 Å². The zero-order valence-corrected chi connectivity index (χ0v) is 11.1. The van der Waals surface area contributed by atoms with E-state index in [-0.39, 0.29) is 24.2 Å². The minimum atomic E-state index is 0. The zero-order chi connectivity index (χ0) is 11.5. The van der Waals surface area contributed by atoms with Crippen LogP contribution in [0.3, 0.4) is 0 Å². The molecule has 17 heavy (non-hydrogen) atoms. The summed E-state index contributed by atoms with van der Waals surface area (Å²) in [7, 11) is 0. The Balaban J connectivity index is 0.00000144. The van der Waals surface area contributed by atoms with Gasteiger partial charge in [0.2, 0.25) is 5.91 Å². The second-order valence-corrected chi connectivity index (χ2v) is 4.28. The molecule has 0 unspecified atom stereocenters. The van der Waals surface area contributed by atoms with Crippen molar-refractivity contribution in [1.82, 2.24) is 5.32 Å². The van der Waals surface area contributed by atoms with Crippen LogP contribution in [0.1, 0.15) is 12.5 Å². The summed E-state index contributed by atoms with van der Waals surface area (Å²) in [6.45, 7) is 6.44. The van der Waals surface area contributed by atoms with E-state index in [9.17, 15) is 4.79 Å². The molecule has 0 radical (unpaired) electrons. The van der Waals surface area contributed by atoms with Gasteiger partial charge in [0, 0.05) is 25.3 Å². The van der Waals surface area contributed by atoms with Gasteiger partial charge < -0.3 is 10.2 Å². The summed E-state index contributed by atoms with van der Waals surface area (Å²) in [6.07, 6.45) is 0. The predicted molar refractivity (Wildman–Crippen MR) is 72.8 cm³/mol. The minimum absolute atomic E-state index is 0. The first-order valence-electron chi connectivity index (χ1n) is 5.81. The summed E-state index contributed by atoms with van der Waals surface area (Å²) < 4.78 is 0. The molecule has 1 aliphatic rings. The first-order valence-corrected chi connectivity index (χ1v) is 5.81. The molecule has 0 bridgehead atoms. The van der Waals surface area contributed by atoms with E-state index in [0.29, 0.717) is 0 Å². The van der Waals surface area contributed by atoms with Crippen molar-refractivity contribution in [1.29, 1.82) is 0 Å². The summed E-state index contributed by atoms with van der Waals surface area (Å²) in [4.78, 5) is 14.0. The number of anilines is 1. The quantitative estimate of drug-likeness (QED) is 0.895. The summed E-state index contributed by atoms with van der Waals surface area (Å²) in [5.74, 6) is 0.410. The predicted octanol–water partition coefficient (Wildman–Crippen LogP) is 1.99. The van der Waals surface area contributed by atoms with Gasteiger partial charge >= 0.3 is 0 Å². The molecule has 0 aromatic heterocycles. The molecule has 2 rings (SSSR count). The molecule has 94 valence electrons. The lowest BCUT2D eigenvalue weighted by Crippen LogP contribution is -2.52. The largest absolute Gasteiger partial charge is 0.315 e. The summed E-state index contributed by atoms with van der Waals surface area (Å²) in [5.41, 5.74) is 2.20. The van der Waals surface area contributed by atoms with Crippen molar-refractivity contribution in [2.24, 2.45) is 5.92 Å². The fourth-order valence-corrected chi connectivity index (χ4v) is 1.95. The van der Waals surface area contributed by atoms with Crippen LogP contribution in [-0.2, 0) is 4.79 Å². The second-order valence-electron chi connectivity index (χ2n) is 4.28. The lowest BCUT2D eigenvalue weighted by atomic mass is 10.0. The normalized spacial score (nSPS) is 14.7. The lowest BCUT2D eigenvalue weighted by molar-refractivity contribution is -0.123. The first kappa shape index (κ1) is 14.0. The summed E-state index contributed by atoms with van der Waals surface area (Å²) in [5, 5.41) is 3.14. The molecular formula is C13H19ClN2O. The molecular weight excluding hydrogens is 236 g/mol. The van der Waals surface area contributed by atoms with Crippen LogP contribution in [0, 0.1) is 12.8 Å².